The maximum Gasteiger partial charge on any atom is 0.573 e. The summed E-state index contributed by atoms with van der Waals surface area (Å²) >= 11 is 0. The van der Waals surface area contributed by atoms with E-state index in [1.807, 2.05) is 13.8 Å². The van der Waals surface area contributed by atoms with Crippen LogP contribution in [0.15, 0.2) is 58.5 Å². The summed E-state index contributed by atoms with van der Waals surface area (Å²) in [6, 6.07) is 8.10. The zero-order chi connectivity index (χ0) is 28.3. The third-order valence-corrected chi connectivity index (χ3v) is 7.46. The molecule has 0 aliphatic heterocycles. The highest BCUT2D eigenvalue weighted by molar-refractivity contribution is 7.92. The molecule has 3 rings (SSSR count). The molecule has 3 N–H and O–H groups in total. The number of allylic oxidation sites excluding steroid dienone is 2. The normalized spacial score (nSPS) is 18.1. The standard InChI is InChI=1S/C25H27F3N2O7S/c1-4-36-21-13-16(29-23(31)19-10-14(2)15(3)11-20(19)24(32)33)8-9-22(21)38(34,35)30-17-6-5-7-18(12-17)37-25(26,27)28/h5-9,12-13,19-20,30H,4,10-11H2,1-3H3,(H,29,31)(H,32,33)/t19-,20-/m0/s1. The molecular formula is C25H27F3N2O7S. The second-order valence-corrected chi connectivity index (χ2v) is 10.4. The lowest BCUT2D eigenvalue weighted by Crippen LogP contribution is -2.36. The number of hydrogen-bond donors (Lipinski definition) is 3. The second-order valence-electron chi connectivity index (χ2n) is 8.79. The number of nitrogens with one attached hydrogen (secondary N) is 2. The molecule has 1 aliphatic rings. The summed E-state index contributed by atoms with van der Waals surface area (Å²) in [5.41, 5.74) is 1.88. The lowest BCUT2D eigenvalue weighted by atomic mass is 9.76. The molecule has 0 saturated heterocycles. The van der Waals surface area contributed by atoms with E-state index in [4.69, 9.17) is 4.74 Å². The molecule has 13 heteroatoms. The van der Waals surface area contributed by atoms with Gasteiger partial charge in [-0.1, -0.05) is 17.2 Å². The first-order chi connectivity index (χ1) is 17.7. The van der Waals surface area contributed by atoms with Gasteiger partial charge in [0.25, 0.3) is 10.0 Å². The van der Waals surface area contributed by atoms with Crippen LogP contribution < -0.4 is 19.5 Å². The van der Waals surface area contributed by atoms with E-state index in [1.54, 1.807) is 6.92 Å². The van der Waals surface area contributed by atoms with Gasteiger partial charge >= 0.3 is 12.3 Å². The van der Waals surface area contributed by atoms with Gasteiger partial charge in [-0.15, -0.1) is 13.2 Å². The van der Waals surface area contributed by atoms with Crippen LogP contribution in [0.1, 0.15) is 33.6 Å². The van der Waals surface area contributed by atoms with Crippen LogP contribution in [0.2, 0.25) is 0 Å². The number of carbonyl (C=O) groups is 2. The van der Waals surface area contributed by atoms with Crippen molar-refractivity contribution >= 4 is 33.3 Å². The number of alkyl halides is 3. The van der Waals surface area contributed by atoms with E-state index >= 15 is 0 Å². The van der Waals surface area contributed by atoms with Crippen LogP contribution in [0, 0.1) is 11.8 Å². The van der Waals surface area contributed by atoms with Gasteiger partial charge in [0.15, 0.2) is 0 Å². The highest BCUT2D eigenvalue weighted by atomic mass is 32.2. The number of aliphatic carboxylic acids is 1. The van der Waals surface area contributed by atoms with E-state index in [1.165, 1.54) is 30.3 Å². The summed E-state index contributed by atoms with van der Waals surface area (Å²) in [5.74, 6) is -4.05. The van der Waals surface area contributed by atoms with Crippen LogP contribution in [0.25, 0.3) is 0 Å². The third-order valence-electron chi connectivity index (χ3n) is 6.04. The van der Waals surface area contributed by atoms with E-state index in [0.717, 1.165) is 23.3 Å². The van der Waals surface area contributed by atoms with Crippen molar-refractivity contribution in [2.75, 3.05) is 16.6 Å². The number of sulfonamides is 1. The average Bonchev–Trinajstić information content (AvgIpc) is 2.79. The molecule has 0 bridgehead atoms. The molecule has 1 aliphatic carbocycles. The maximum absolute atomic E-state index is 13.0. The quantitative estimate of drug-likeness (QED) is 0.363. The Morgan fingerprint density at radius 3 is 2.29 bits per heavy atom. The summed E-state index contributed by atoms with van der Waals surface area (Å²) in [6.45, 7) is 5.37. The zero-order valence-corrected chi connectivity index (χ0v) is 21.6. The summed E-state index contributed by atoms with van der Waals surface area (Å²) in [7, 11) is -4.33. The Balaban J connectivity index is 1.85. The Morgan fingerprint density at radius 2 is 1.68 bits per heavy atom. The monoisotopic (exact) mass is 556 g/mol. The Bertz CT molecular complexity index is 1360. The minimum absolute atomic E-state index is 0.0712. The van der Waals surface area contributed by atoms with E-state index in [0.29, 0.717) is 0 Å². The van der Waals surface area contributed by atoms with Crippen LogP contribution in [0.3, 0.4) is 0 Å². The Kier molecular flexibility index (Phi) is 8.60. The fraction of sp³-hybridized carbons (Fsp3) is 0.360. The van der Waals surface area contributed by atoms with Crippen LogP contribution in [-0.4, -0.2) is 38.4 Å². The molecule has 0 saturated carbocycles. The predicted molar refractivity (Wildman–Crippen MR) is 132 cm³/mol. The van der Waals surface area contributed by atoms with Crippen molar-refractivity contribution < 1.29 is 45.8 Å². The van der Waals surface area contributed by atoms with Crippen molar-refractivity contribution in [3.8, 4) is 11.5 Å². The van der Waals surface area contributed by atoms with Gasteiger partial charge in [-0.25, -0.2) is 8.42 Å². The van der Waals surface area contributed by atoms with Gasteiger partial charge in [-0.3, -0.25) is 14.3 Å². The van der Waals surface area contributed by atoms with Crippen LogP contribution >= 0.6 is 0 Å². The largest absolute Gasteiger partial charge is 0.573 e. The summed E-state index contributed by atoms with van der Waals surface area (Å²) in [6.07, 6.45) is -4.42. The van der Waals surface area contributed by atoms with Crippen LogP contribution in [0.5, 0.6) is 11.5 Å². The smallest absolute Gasteiger partial charge is 0.492 e. The number of carboxylic acid groups (broad SMARTS) is 1. The molecule has 0 fully saturated rings. The first-order valence-corrected chi connectivity index (χ1v) is 13.0. The minimum Gasteiger partial charge on any atom is -0.492 e. The van der Waals surface area contributed by atoms with E-state index in [-0.39, 0.29) is 41.5 Å². The molecule has 2 atom stereocenters. The van der Waals surface area contributed by atoms with E-state index < -0.39 is 45.8 Å². The number of carboxylic acids is 1. The zero-order valence-electron chi connectivity index (χ0n) is 20.8. The minimum atomic E-state index is -4.95. The van der Waals surface area contributed by atoms with Crippen LogP contribution in [0.4, 0.5) is 24.5 Å². The van der Waals surface area contributed by atoms with Crippen molar-refractivity contribution in [1.29, 1.82) is 0 Å². The molecule has 0 unspecified atom stereocenters. The molecule has 38 heavy (non-hydrogen) atoms. The molecule has 0 spiro atoms. The SMILES string of the molecule is CCOc1cc(NC(=O)[C@H]2CC(C)=C(C)C[C@@H]2C(=O)O)ccc1S(=O)(=O)Nc1cccc(OC(F)(F)F)c1. The Labute approximate surface area is 217 Å². The fourth-order valence-electron chi connectivity index (χ4n) is 4.11. The van der Waals surface area contributed by atoms with Gasteiger partial charge in [-0.05, 0) is 57.9 Å². The summed E-state index contributed by atoms with van der Waals surface area (Å²) in [5, 5.41) is 12.2. The second kappa shape index (κ2) is 11.3. The first-order valence-electron chi connectivity index (χ1n) is 11.5. The maximum atomic E-state index is 13.0. The number of ether oxygens (including phenoxy) is 2. The molecule has 9 nitrogen and oxygen atoms in total. The van der Waals surface area contributed by atoms with Crippen LogP contribution in [-0.2, 0) is 19.6 Å². The van der Waals surface area contributed by atoms with Crippen molar-refractivity contribution in [3.05, 3.63) is 53.6 Å². The lowest BCUT2D eigenvalue weighted by molar-refractivity contribution is -0.274. The molecule has 206 valence electrons. The van der Waals surface area contributed by atoms with Gasteiger partial charge in [0.05, 0.1) is 24.1 Å². The van der Waals surface area contributed by atoms with Gasteiger partial charge < -0.3 is 19.9 Å². The van der Waals surface area contributed by atoms with Crippen molar-refractivity contribution in [3.63, 3.8) is 0 Å². The lowest BCUT2D eigenvalue weighted by Gasteiger charge is -2.29. The third kappa shape index (κ3) is 7.18. The van der Waals surface area contributed by atoms with Gasteiger partial charge in [0.1, 0.15) is 16.4 Å². The van der Waals surface area contributed by atoms with Crippen molar-refractivity contribution in [1.82, 2.24) is 0 Å². The Hall–Kier alpha value is -3.74. The summed E-state index contributed by atoms with van der Waals surface area (Å²) in [4.78, 5) is 24.4. The molecule has 0 radical (unpaired) electrons. The highest BCUT2D eigenvalue weighted by Crippen LogP contribution is 2.36. The fourth-order valence-corrected chi connectivity index (χ4v) is 5.28. The molecule has 2 aromatic carbocycles. The number of anilines is 2. The number of carbonyl (C=O) groups excluding carboxylic acids is 1. The van der Waals surface area contributed by atoms with Crippen molar-refractivity contribution in [2.24, 2.45) is 11.8 Å². The number of amides is 1. The Morgan fingerprint density at radius 1 is 1.03 bits per heavy atom. The number of rotatable bonds is 9. The van der Waals surface area contributed by atoms with E-state index in [2.05, 4.69) is 14.8 Å². The molecule has 0 heterocycles. The topological polar surface area (TPSA) is 131 Å². The summed E-state index contributed by atoms with van der Waals surface area (Å²) < 4.78 is 75.1. The van der Waals surface area contributed by atoms with E-state index in [9.17, 15) is 36.3 Å². The molecule has 1 amide bonds. The molecule has 2 aromatic rings. The number of halogens is 3. The van der Waals surface area contributed by atoms with Gasteiger partial charge in [0.2, 0.25) is 5.91 Å². The molecular weight excluding hydrogens is 529 g/mol. The highest BCUT2D eigenvalue weighted by Gasteiger charge is 2.37. The average molecular weight is 557 g/mol. The van der Waals surface area contributed by atoms with Crippen molar-refractivity contribution in [2.45, 2.75) is 44.9 Å². The number of hydrogen-bond acceptors (Lipinski definition) is 6. The van der Waals surface area contributed by atoms with Gasteiger partial charge in [-0.2, -0.15) is 0 Å². The molecule has 0 aromatic heterocycles. The number of benzene rings is 2. The van der Waals surface area contributed by atoms with Gasteiger partial charge in [0, 0.05) is 17.8 Å². The predicted octanol–water partition coefficient (Wildman–Crippen LogP) is 5.17. The first kappa shape index (κ1) is 28.8.